The van der Waals surface area contributed by atoms with Crippen LogP contribution in [0.5, 0.6) is 5.75 Å². The molecule has 0 aliphatic carbocycles. The molecule has 2 aromatic carbocycles. The molecule has 3 aliphatic rings. The first-order valence-corrected chi connectivity index (χ1v) is 12.4. The highest BCUT2D eigenvalue weighted by Gasteiger charge is 2.40. The Balaban J connectivity index is 1.41. The van der Waals surface area contributed by atoms with E-state index in [4.69, 9.17) is 14.9 Å². The zero-order valence-electron chi connectivity index (χ0n) is 18.3. The first-order chi connectivity index (χ1) is 15.9. The van der Waals surface area contributed by atoms with Gasteiger partial charge in [-0.2, -0.15) is 4.98 Å². The summed E-state index contributed by atoms with van der Waals surface area (Å²) in [7, 11) is -2.19. The number of nitrogens with zero attached hydrogens (tertiary/aromatic N) is 4. The van der Waals surface area contributed by atoms with Crippen molar-refractivity contribution in [1.29, 1.82) is 0 Å². The van der Waals surface area contributed by atoms with Crippen molar-refractivity contribution in [3.63, 3.8) is 0 Å². The van der Waals surface area contributed by atoms with Gasteiger partial charge < -0.3 is 19.9 Å². The zero-order valence-corrected chi connectivity index (χ0v) is 19.1. The highest BCUT2D eigenvalue weighted by molar-refractivity contribution is 7.89. The number of aromatic nitrogens is 2. The topological polar surface area (TPSA) is 114 Å². The average Bonchev–Trinajstić information content (AvgIpc) is 2.84. The molecule has 0 radical (unpaired) electrons. The van der Waals surface area contributed by atoms with Crippen LogP contribution < -0.4 is 25.0 Å². The Hall–Kier alpha value is -3.37. The third-order valence-electron chi connectivity index (χ3n) is 6.26. The lowest BCUT2D eigenvalue weighted by Crippen LogP contribution is -2.63. The molecule has 172 valence electrons. The molecule has 3 saturated heterocycles. The van der Waals surface area contributed by atoms with E-state index in [0.717, 1.165) is 31.7 Å². The number of nitrogens with one attached hydrogen (secondary N) is 1. The van der Waals surface area contributed by atoms with Crippen molar-refractivity contribution in [2.75, 3.05) is 35.3 Å². The van der Waals surface area contributed by atoms with Crippen LogP contribution >= 0.6 is 0 Å². The fourth-order valence-corrected chi connectivity index (χ4v) is 5.23. The molecule has 10 heteroatoms. The Morgan fingerprint density at radius 2 is 1.76 bits per heavy atom. The van der Waals surface area contributed by atoms with E-state index >= 15 is 0 Å². The summed E-state index contributed by atoms with van der Waals surface area (Å²) in [6.45, 7) is 1.76. The molecule has 33 heavy (non-hydrogen) atoms. The summed E-state index contributed by atoms with van der Waals surface area (Å²) >= 11 is 0. The smallest absolute Gasteiger partial charge is 0.238 e. The number of hydrogen-bond donors (Lipinski definition) is 2. The standard InChI is InChI=1S/C23H26N6O3S/c1-32-21-13-25-23(26-16-6-5-9-20(12-16)33(24,30)31)27-22(21)29-15-18-10-11-19(29)14-28(18)17-7-3-2-4-8-17/h2-9,12-13,18-19H,10-11,14-15H2,1H3,(H2,24,30,31)(H,25,26,27). The Bertz CT molecular complexity index is 1250. The van der Waals surface area contributed by atoms with Crippen molar-refractivity contribution in [3.8, 4) is 5.75 Å². The van der Waals surface area contributed by atoms with Crippen LogP contribution in [0.15, 0.2) is 65.7 Å². The minimum atomic E-state index is -3.80. The first-order valence-electron chi connectivity index (χ1n) is 10.8. The number of rotatable bonds is 6. The lowest BCUT2D eigenvalue weighted by atomic mass is 9.90. The zero-order chi connectivity index (χ0) is 23.0. The van der Waals surface area contributed by atoms with Gasteiger partial charge in [0.05, 0.1) is 18.2 Å². The number of benzene rings is 2. The van der Waals surface area contributed by atoms with Crippen LogP contribution in [0.3, 0.4) is 0 Å². The molecule has 2 bridgehead atoms. The van der Waals surface area contributed by atoms with Crippen molar-refractivity contribution < 1.29 is 13.2 Å². The number of sulfonamides is 1. The van der Waals surface area contributed by atoms with Crippen LogP contribution in [0.4, 0.5) is 23.1 Å². The fourth-order valence-electron chi connectivity index (χ4n) is 4.68. The Labute approximate surface area is 193 Å². The molecule has 0 saturated carbocycles. The molecule has 6 rings (SSSR count). The number of methoxy groups -OCH3 is 1. The Morgan fingerprint density at radius 3 is 2.42 bits per heavy atom. The van der Waals surface area contributed by atoms with Crippen LogP contribution in [0.1, 0.15) is 12.8 Å². The van der Waals surface area contributed by atoms with Gasteiger partial charge in [-0.3, -0.25) is 0 Å². The van der Waals surface area contributed by atoms with E-state index in [0.29, 0.717) is 29.5 Å². The summed E-state index contributed by atoms with van der Waals surface area (Å²) in [4.78, 5) is 13.9. The molecule has 0 spiro atoms. The van der Waals surface area contributed by atoms with Crippen LogP contribution in [0.25, 0.3) is 0 Å². The van der Waals surface area contributed by atoms with Gasteiger partial charge in [-0.25, -0.2) is 18.5 Å². The van der Waals surface area contributed by atoms with Gasteiger partial charge in [0.2, 0.25) is 16.0 Å². The maximum absolute atomic E-state index is 11.7. The molecule has 9 nitrogen and oxygen atoms in total. The van der Waals surface area contributed by atoms with Gasteiger partial charge in [0.1, 0.15) is 0 Å². The minimum Gasteiger partial charge on any atom is -0.491 e. The van der Waals surface area contributed by atoms with E-state index in [1.165, 1.54) is 17.8 Å². The molecular weight excluding hydrogens is 440 g/mol. The first kappa shape index (κ1) is 21.5. The summed E-state index contributed by atoms with van der Waals surface area (Å²) in [6, 6.07) is 17.5. The van der Waals surface area contributed by atoms with E-state index in [9.17, 15) is 8.42 Å². The van der Waals surface area contributed by atoms with Crippen molar-refractivity contribution >= 4 is 33.2 Å². The Morgan fingerprint density at radius 1 is 1.03 bits per heavy atom. The molecule has 3 aromatic rings. The van der Waals surface area contributed by atoms with E-state index in [-0.39, 0.29) is 4.90 Å². The second-order valence-electron chi connectivity index (χ2n) is 8.31. The lowest BCUT2D eigenvalue weighted by Gasteiger charge is -2.53. The molecular formula is C23H26N6O3S. The molecule has 3 aliphatic heterocycles. The van der Waals surface area contributed by atoms with Crippen molar-refractivity contribution in [1.82, 2.24) is 9.97 Å². The molecule has 4 heterocycles. The fraction of sp³-hybridized carbons (Fsp3) is 0.304. The second kappa shape index (κ2) is 8.53. The second-order valence-corrected chi connectivity index (χ2v) is 9.87. The summed E-state index contributed by atoms with van der Waals surface area (Å²) in [6.07, 6.45) is 3.86. The van der Waals surface area contributed by atoms with Crippen molar-refractivity contribution in [3.05, 3.63) is 60.8 Å². The molecule has 0 amide bonds. The van der Waals surface area contributed by atoms with Gasteiger partial charge in [0.25, 0.3) is 0 Å². The maximum atomic E-state index is 11.7. The number of primary sulfonamides is 1. The molecule has 3 N–H and O–H groups in total. The molecule has 2 atom stereocenters. The number of nitrogens with two attached hydrogens (primary N) is 1. The van der Waals surface area contributed by atoms with E-state index in [2.05, 4.69) is 44.4 Å². The predicted octanol–water partition coefficient (Wildman–Crippen LogP) is 2.73. The number of ether oxygens (including phenoxy) is 1. The van der Waals surface area contributed by atoms with Gasteiger partial charge in [-0.1, -0.05) is 24.3 Å². The van der Waals surface area contributed by atoms with E-state index in [1.807, 2.05) is 6.07 Å². The summed E-state index contributed by atoms with van der Waals surface area (Å²) in [5.41, 5.74) is 1.78. The predicted molar refractivity (Wildman–Crippen MR) is 128 cm³/mol. The monoisotopic (exact) mass is 466 g/mol. The summed E-state index contributed by atoms with van der Waals surface area (Å²) in [5.74, 6) is 1.70. The van der Waals surface area contributed by atoms with Crippen LogP contribution in [0.2, 0.25) is 0 Å². The SMILES string of the molecule is COc1cnc(Nc2cccc(S(N)(=O)=O)c2)nc1N1CC2CCC1CN2c1ccccc1. The maximum Gasteiger partial charge on any atom is 0.238 e. The van der Waals surface area contributed by atoms with Crippen LogP contribution in [-0.4, -0.2) is 50.7 Å². The quantitative estimate of drug-likeness (QED) is 0.570. The Kier molecular flexibility index (Phi) is 5.55. The number of fused-ring (bicyclic) bond motifs is 3. The molecule has 1 aromatic heterocycles. The third kappa shape index (κ3) is 4.31. The summed E-state index contributed by atoms with van der Waals surface area (Å²) in [5, 5.41) is 8.34. The van der Waals surface area contributed by atoms with Gasteiger partial charge in [-0.05, 0) is 43.2 Å². The van der Waals surface area contributed by atoms with Crippen molar-refractivity contribution in [2.24, 2.45) is 5.14 Å². The normalized spacial score (nSPS) is 20.1. The van der Waals surface area contributed by atoms with Gasteiger partial charge in [0.15, 0.2) is 11.6 Å². The average molecular weight is 467 g/mol. The van der Waals surface area contributed by atoms with E-state index < -0.39 is 10.0 Å². The largest absolute Gasteiger partial charge is 0.491 e. The van der Waals surface area contributed by atoms with Crippen LogP contribution in [-0.2, 0) is 10.0 Å². The number of piperidine rings is 2. The summed E-state index contributed by atoms with van der Waals surface area (Å²) < 4.78 is 28.9. The number of anilines is 4. The van der Waals surface area contributed by atoms with E-state index in [1.54, 1.807) is 25.4 Å². The molecule has 2 unspecified atom stereocenters. The van der Waals surface area contributed by atoms with Gasteiger partial charge >= 0.3 is 0 Å². The molecule has 3 fully saturated rings. The highest BCUT2D eigenvalue weighted by atomic mass is 32.2. The number of piperazine rings is 1. The lowest BCUT2D eigenvalue weighted by molar-refractivity contribution is 0.326. The van der Waals surface area contributed by atoms with Gasteiger partial charge in [-0.15, -0.1) is 0 Å². The van der Waals surface area contributed by atoms with Crippen LogP contribution in [0, 0.1) is 0 Å². The van der Waals surface area contributed by atoms with Gasteiger partial charge in [0, 0.05) is 36.5 Å². The van der Waals surface area contributed by atoms with Crippen molar-refractivity contribution in [2.45, 2.75) is 29.8 Å². The highest BCUT2D eigenvalue weighted by Crippen LogP contribution is 2.38. The minimum absolute atomic E-state index is 0.0237. The number of para-hydroxylation sites is 1. The third-order valence-corrected chi connectivity index (χ3v) is 7.18. The number of hydrogen-bond acceptors (Lipinski definition) is 8.